The fourth-order valence-corrected chi connectivity index (χ4v) is 1.93. The molecule has 104 valence electrons. The third-order valence-corrected chi connectivity index (χ3v) is 3.28. The Morgan fingerprint density at radius 2 is 1.80 bits per heavy atom. The minimum Gasteiger partial charge on any atom is -0.374 e. The number of halogens is 2. The molecule has 0 heterocycles. The molecule has 0 spiro atoms. The number of rotatable bonds is 4. The molecule has 1 unspecified atom stereocenters. The van der Waals surface area contributed by atoms with Gasteiger partial charge in [-0.3, -0.25) is 4.79 Å². The molecule has 2 aromatic rings. The van der Waals surface area contributed by atoms with Gasteiger partial charge in [-0.15, -0.1) is 0 Å². The molecular formula is C15H14BrFN2O. The van der Waals surface area contributed by atoms with Crippen LogP contribution in [0.3, 0.4) is 0 Å². The number of para-hydroxylation sites is 1. The van der Waals surface area contributed by atoms with E-state index in [1.165, 1.54) is 12.1 Å². The molecule has 0 bridgehead atoms. The van der Waals surface area contributed by atoms with Crippen LogP contribution in [0.15, 0.2) is 53.0 Å². The van der Waals surface area contributed by atoms with Gasteiger partial charge in [0.2, 0.25) is 5.91 Å². The SMILES string of the molecule is CC(Nc1ccc(Br)cc1)C(=O)Nc1ccccc1F. The van der Waals surface area contributed by atoms with Crippen LogP contribution in [0.25, 0.3) is 0 Å². The Hall–Kier alpha value is -1.88. The lowest BCUT2D eigenvalue weighted by molar-refractivity contribution is -0.116. The molecule has 0 aliphatic heterocycles. The molecule has 1 atom stereocenters. The van der Waals surface area contributed by atoms with Gasteiger partial charge >= 0.3 is 0 Å². The number of amides is 1. The molecule has 0 fully saturated rings. The van der Waals surface area contributed by atoms with E-state index in [-0.39, 0.29) is 11.6 Å². The van der Waals surface area contributed by atoms with Gasteiger partial charge < -0.3 is 10.6 Å². The number of hydrogen-bond donors (Lipinski definition) is 2. The van der Waals surface area contributed by atoms with E-state index in [9.17, 15) is 9.18 Å². The van der Waals surface area contributed by atoms with Crippen LogP contribution in [0, 0.1) is 5.82 Å². The summed E-state index contributed by atoms with van der Waals surface area (Å²) in [6, 6.07) is 13.1. The highest BCUT2D eigenvalue weighted by atomic mass is 79.9. The van der Waals surface area contributed by atoms with Gasteiger partial charge in [0, 0.05) is 10.2 Å². The summed E-state index contributed by atoms with van der Waals surface area (Å²) in [6.45, 7) is 1.72. The Morgan fingerprint density at radius 3 is 2.45 bits per heavy atom. The van der Waals surface area contributed by atoms with Crippen molar-refractivity contribution in [3.8, 4) is 0 Å². The monoisotopic (exact) mass is 336 g/mol. The normalized spacial score (nSPS) is 11.8. The molecule has 0 saturated carbocycles. The highest BCUT2D eigenvalue weighted by Crippen LogP contribution is 2.16. The second-order valence-corrected chi connectivity index (χ2v) is 5.26. The van der Waals surface area contributed by atoms with Crippen LogP contribution in [0.2, 0.25) is 0 Å². The van der Waals surface area contributed by atoms with E-state index in [0.29, 0.717) is 0 Å². The van der Waals surface area contributed by atoms with Crippen LogP contribution < -0.4 is 10.6 Å². The molecule has 0 aromatic heterocycles. The fourth-order valence-electron chi connectivity index (χ4n) is 1.67. The van der Waals surface area contributed by atoms with Crippen molar-refractivity contribution in [2.75, 3.05) is 10.6 Å². The Morgan fingerprint density at radius 1 is 1.15 bits per heavy atom. The van der Waals surface area contributed by atoms with Crippen molar-refractivity contribution < 1.29 is 9.18 Å². The average molecular weight is 337 g/mol. The molecule has 2 rings (SSSR count). The number of nitrogens with one attached hydrogen (secondary N) is 2. The minimum absolute atomic E-state index is 0.182. The van der Waals surface area contributed by atoms with E-state index < -0.39 is 11.9 Å². The zero-order chi connectivity index (χ0) is 14.5. The summed E-state index contributed by atoms with van der Waals surface area (Å²) in [5.41, 5.74) is 1.01. The first-order valence-corrected chi connectivity index (χ1v) is 6.93. The Labute approximate surface area is 125 Å². The maximum absolute atomic E-state index is 13.4. The van der Waals surface area contributed by atoms with Crippen LogP contribution in [-0.4, -0.2) is 11.9 Å². The lowest BCUT2D eigenvalue weighted by atomic mass is 10.2. The largest absolute Gasteiger partial charge is 0.374 e. The van der Waals surface area contributed by atoms with Gasteiger partial charge in [-0.1, -0.05) is 28.1 Å². The second kappa shape index (κ2) is 6.52. The van der Waals surface area contributed by atoms with Crippen molar-refractivity contribution in [1.29, 1.82) is 0 Å². The minimum atomic E-state index is -0.476. The van der Waals surface area contributed by atoms with E-state index in [1.807, 2.05) is 24.3 Å². The maximum atomic E-state index is 13.4. The summed E-state index contributed by atoms with van der Waals surface area (Å²) in [6.07, 6.45) is 0. The molecule has 5 heteroatoms. The van der Waals surface area contributed by atoms with Gasteiger partial charge in [0.25, 0.3) is 0 Å². The molecule has 2 aromatic carbocycles. The number of anilines is 2. The van der Waals surface area contributed by atoms with E-state index in [1.54, 1.807) is 19.1 Å². The zero-order valence-corrected chi connectivity index (χ0v) is 12.4. The third-order valence-electron chi connectivity index (χ3n) is 2.75. The molecule has 1 amide bonds. The lowest BCUT2D eigenvalue weighted by Crippen LogP contribution is -2.32. The van der Waals surface area contributed by atoms with Crippen LogP contribution >= 0.6 is 15.9 Å². The number of benzene rings is 2. The van der Waals surface area contributed by atoms with E-state index in [0.717, 1.165) is 10.2 Å². The molecule has 3 nitrogen and oxygen atoms in total. The predicted octanol–water partition coefficient (Wildman–Crippen LogP) is 4.03. The first kappa shape index (κ1) is 14.5. The van der Waals surface area contributed by atoms with Crippen molar-refractivity contribution in [2.24, 2.45) is 0 Å². The Balaban J connectivity index is 1.99. The van der Waals surface area contributed by atoms with Gasteiger partial charge in [-0.25, -0.2) is 4.39 Å². The van der Waals surface area contributed by atoms with Crippen molar-refractivity contribution in [3.63, 3.8) is 0 Å². The quantitative estimate of drug-likeness (QED) is 0.885. The Bertz CT molecular complexity index is 601. The van der Waals surface area contributed by atoms with Gasteiger partial charge in [0.05, 0.1) is 5.69 Å². The second-order valence-electron chi connectivity index (χ2n) is 4.34. The summed E-state index contributed by atoms with van der Waals surface area (Å²) < 4.78 is 14.4. The van der Waals surface area contributed by atoms with Crippen LogP contribution in [0.5, 0.6) is 0 Å². The van der Waals surface area contributed by atoms with E-state index in [4.69, 9.17) is 0 Å². The zero-order valence-electron chi connectivity index (χ0n) is 10.9. The summed E-state index contributed by atoms with van der Waals surface area (Å²) >= 11 is 3.34. The van der Waals surface area contributed by atoms with Crippen LogP contribution in [0.1, 0.15) is 6.92 Å². The number of carbonyl (C=O) groups is 1. The van der Waals surface area contributed by atoms with E-state index in [2.05, 4.69) is 26.6 Å². The lowest BCUT2D eigenvalue weighted by Gasteiger charge is -2.15. The first-order chi connectivity index (χ1) is 9.56. The van der Waals surface area contributed by atoms with Crippen LogP contribution in [-0.2, 0) is 4.79 Å². The summed E-state index contributed by atoms with van der Waals surface area (Å²) in [7, 11) is 0. The van der Waals surface area contributed by atoms with Crippen molar-refractivity contribution >= 4 is 33.2 Å². The highest BCUT2D eigenvalue weighted by molar-refractivity contribution is 9.10. The highest BCUT2D eigenvalue weighted by Gasteiger charge is 2.14. The fraction of sp³-hybridized carbons (Fsp3) is 0.133. The average Bonchev–Trinajstić information content (AvgIpc) is 2.44. The van der Waals surface area contributed by atoms with Crippen LogP contribution in [0.4, 0.5) is 15.8 Å². The molecule has 20 heavy (non-hydrogen) atoms. The summed E-state index contributed by atoms with van der Waals surface area (Å²) in [5, 5.41) is 5.61. The predicted molar refractivity (Wildman–Crippen MR) is 82.3 cm³/mol. The summed E-state index contributed by atoms with van der Waals surface area (Å²) in [5.74, 6) is -0.741. The smallest absolute Gasteiger partial charge is 0.246 e. The van der Waals surface area contributed by atoms with Crippen molar-refractivity contribution in [2.45, 2.75) is 13.0 Å². The number of carbonyl (C=O) groups excluding carboxylic acids is 1. The van der Waals surface area contributed by atoms with Gasteiger partial charge in [-0.2, -0.15) is 0 Å². The Kier molecular flexibility index (Phi) is 4.74. The molecule has 0 aliphatic carbocycles. The topological polar surface area (TPSA) is 41.1 Å². The first-order valence-electron chi connectivity index (χ1n) is 6.14. The third kappa shape index (κ3) is 3.81. The molecule has 0 aliphatic rings. The molecule has 0 saturated heterocycles. The van der Waals surface area contributed by atoms with E-state index >= 15 is 0 Å². The molecule has 2 N–H and O–H groups in total. The standard InChI is InChI=1S/C15H14BrFN2O/c1-10(18-12-8-6-11(16)7-9-12)15(20)19-14-5-3-2-4-13(14)17/h2-10,18H,1H3,(H,19,20). The van der Waals surface area contributed by atoms with Gasteiger partial charge in [0.15, 0.2) is 0 Å². The molecular weight excluding hydrogens is 323 g/mol. The molecule has 0 radical (unpaired) electrons. The van der Waals surface area contributed by atoms with Gasteiger partial charge in [-0.05, 0) is 43.3 Å². The summed E-state index contributed by atoms with van der Waals surface area (Å²) in [4.78, 5) is 12.0. The van der Waals surface area contributed by atoms with Gasteiger partial charge in [0.1, 0.15) is 11.9 Å². The van der Waals surface area contributed by atoms with Crippen molar-refractivity contribution in [1.82, 2.24) is 0 Å². The maximum Gasteiger partial charge on any atom is 0.246 e. The number of hydrogen-bond acceptors (Lipinski definition) is 2. The van der Waals surface area contributed by atoms with Crippen molar-refractivity contribution in [3.05, 3.63) is 58.8 Å².